The van der Waals surface area contributed by atoms with Crippen LogP contribution in [-0.2, 0) is 0 Å². The third-order valence-corrected chi connectivity index (χ3v) is 4.75. The molecular formula is C22H18ClN3. The van der Waals surface area contributed by atoms with Crippen LogP contribution < -0.4 is 0 Å². The lowest BCUT2D eigenvalue weighted by molar-refractivity contribution is 0.967. The molecule has 0 spiro atoms. The maximum atomic E-state index is 5.93. The van der Waals surface area contributed by atoms with E-state index in [1.807, 2.05) is 42.7 Å². The van der Waals surface area contributed by atoms with E-state index in [9.17, 15) is 0 Å². The Labute approximate surface area is 157 Å². The van der Waals surface area contributed by atoms with Gasteiger partial charge in [0.05, 0.1) is 11.2 Å². The molecule has 2 aromatic carbocycles. The molecule has 0 aliphatic carbocycles. The predicted molar refractivity (Wildman–Crippen MR) is 109 cm³/mol. The molecule has 0 aliphatic heterocycles. The molecule has 3 nitrogen and oxygen atoms in total. The Morgan fingerprint density at radius 3 is 2.62 bits per heavy atom. The van der Waals surface area contributed by atoms with Crippen LogP contribution in [0.4, 0.5) is 5.69 Å². The lowest BCUT2D eigenvalue weighted by Crippen LogP contribution is -1.99. The number of aliphatic imine (C=N–C) groups is 1. The molecule has 0 atom stereocenters. The molecule has 0 radical (unpaired) electrons. The van der Waals surface area contributed by atoms with Gasteiger partial charge in [0.25, 0.3) is 0 Å². The molecule has 26 heavy (non-hydrogen) atoms. The summed E-state index contributed by atoms with van der Waals surface area (Å²) in [5.74, 6) is 0. The average Bonchev–Trinajstić information content (AvgIpc) is 2.94. The molecule has 0 saturated heterocycles. The summed E-state index contributed by atoms with van der Waals surface area (Å²) < 4.78 is 2.25. The molecule has 128 valence electrons. The van der Waals surface area contributed by atoms with Gasteiger partial charge in [0, 0.05) is 45.5 Å². The van der Waals surface area contributed by atoms with Crippen molar-refractivity contribution in [2.24, 2.45) is 4.99 Å². The molecule has 0 amide bonds. The number of aromatic nitrogens is 2. The van der Waals surface area contributed by atoms with Gasteiger partial charge in [-0.25, -0.2) is 0 Å². The molecule has 4 heteroatoms. The van der Waals surface area contributed by atoms with Crippen molar-refractivity contribution in [1.82, 2.24) is 9.55 Å². The van der Waals surface area contributed by atoms with E-state index in [-0.39, 0.29) is 0 Å². The van der Waals surface area contributed by atoms with Gasteiger partial charge in [-0.15, -0.1) is 0 Å². The van der Waals surface area contributed by atoms with Crippen LogP contribution in [0.2, 0.25) is 5.02 Å². The summed E-state index contributed by atoms with van der Waals surface area (Å²) in [6, 6.07) is 20.1. The number of rotatable bonds is 3. The molecule has 0 unspecified atom stereocenters. The fraction of sp³-hybridized carbons (Fsp3) is 0.0909. The van der Waals surface area contributed by atoms with Gasteiger partial charge in [0.15, 0.2) is 0 Å². The van der Waals surface area contributed by atoms with Gasteiger partial charge in [0.1, 0.15) is 0 Å². The van der Waals surface area contributed by atoms with Crippen molar-refractivity contribution in [2.45, 2.75) is 13.8 Å². The Hall–Kier alpha value is -2.91. The standard InChI is InChI=1S/C22H18ClN3/c1-15-12-18(14-25-20-7-5-19(23)6-8-20)16(2)26(15)21-9-10-22-17(13-21)4-3-11-24-22/h3-14H,1-2H3. The van der Waals surface area contributed by atoms with Crippen LogP contribution in [0.1, 0.15) is 17.0 Å². The van der Waals surface area contributed by atoms with E-state index in [0.717, 1.165) is 33.5 Å². The highest BCUT2D eigenvalue weighted by molar-refractivity contribution is 6.30. The predicted octanol–water partition coefficient (Wildman–Crippen LogP) is 6.05. The van der Waals surface area contributed by atoms with Gasteiger partial charge in [0.2, 0.25) is 0 Å². The van der Waals surface area contributed by atoms with Crippen molar-refractivity contribution < 1.29 is 0 Å². The summed E-state index contributed by atoms with van der Waals surface area (Å²) in [4.78, 5) is 8.96. The highest BCUT2D eigenvalue weighted by Gasteiger charge is 2.10. The topological polar surface area (TPSA) is 30.2 Å². The van der Waals surface area contributed by atoms with Gasteiger partial charge in [-0.05, 0) is 68.4 Å². The monoisotopic (exact) mass is 359 g/mol. The second kappa shape index (κ2) is 6.77. The minimum Gasteiger partial charge on any atom is -0.318 e. The summed E-state index contributed by atoms with van der Waals surface area (Å²) in [5.41, 5.74) is 6.45. The highest BCUT2D eigenvalue weighted by atomic mass is 35.5. The van der Waals surface area contributed by atoms with Crippen LogP contribution in [0.15, 0.2) is 71.9 Å². The Morgan fingerprint density at radius 2 is 1.81 bits per heavy atom. The normalized spacial score (nSPS) is 11.5. The van der Waals surface area contributed by atoms with E-state index in [2.05, 4.69) is 58.7 Å². The van der Waals surface area contributed by atoms with Crippen LogP contribution in [0.5, 0.6) is 0 Å². The van der Waals surface area contributed by atoms with Gasteiger partial charge in [-0.1, -0.05) is 17.7 Å². The Kier molecular flexibility index (Phi) is 4.31. The van der Waals surface area contributed by atoms with Gasteiger partial charge >= 0.3 is 0 Å². The summed E-state index contributed by atoms with van der Waals surface area (Å²) in [6.07, 6.45) is 3.73. The van der Waals surface area contributed by atoms with Gasteiger partial charge in [-0.3, -0.25) is 9.98 Å². The molecule has 2 heterocycles. The van der Waals surface area contributed by atoms with Crippen molar-refractivity contribution in [3.8, 4) is 5.69 Å². The van der Waals surface area contributed by atoms with Crippen LogP contribution in [-0.4, -0.2) is 15.8 Å². The number of hydrogen-bond donors (Lipinski definition) is 0. The summed E-state index contributed by atoms with van der Waals surface area (Å²) in [5, 5.41) is 1.85. The quantitative estimate of drug-likeness (QED) is 0.410. The molecule has 0 N–H and O–H groups in total. The van der Waals surface area contributed by atoms with E-state index in [4.69, 9.17) is 11.6 Å². The second-order valence-corrected chi connectivity index (χ2v) is 6.71. The number of nitrogens with zero attached hydrogens (tertiary/aromatic N) is 3. The largest absolute Gasteiger partial charge is 0.318 e. The molecular weight excluding hydrogens is 342 g/mol. The average molecular weight is 360 g/mol. The smallest absolute Gasteiger partial charge is 0.0703 e. The van der Waals surface area contributed by atoms with Crippen LogP contribution in [0.25, 0.3) is 16.6 Å². The van der Waals surface area contributed by atoms with Crippen molar-refractivity contribution >= 4 is 34.4 Å². The fourth-order valence-electron chi connectivity index (χ4n) is 3.19. The van der Waals surface area contributed by atoms with Crippen molar-refractivity contribution in [3.05, 3.63) is 88.8 Å². The third kappa shape index (κ3) is 3.14. The zero-order valence-corrected chi connectivity index (χ0v) is 15.4. The zero-order chi connectivity index (χ0) is 18.1. The number of pyridine rings is 1. The maximum absolute atomic E-state index is 5.93. The third-order valence-electron chi connectivity index (χ3n) is 4.49. The lowest BCUT2D eigenvalue weighted by Gasteiger charge is -2.10. The van der Waals surface area contributed by atoms with E-state index < -0.39 is 0 Å². The lowest BCUT2D eigenvalue weighted by atomic mass is 10.2. The molecule has 4 rings (SSSR count). The minimum absolute atomic E-state index is 0.716. The van der Waals surface area contributed by atoms with Gasteiger partial charge in [-0.2, -0.15) is 0 Å². The van der Waals surface area contributed by atoms with E-state index in [1.165, 1.54) is 5.69 Å². The van der Waals surface area contributed by atoms with E-state index in [0.29, 0.717) is 5.02 Å². The first-order valence-corrected chi connectivity index (χ1v) is 8.83. The Morgan fingerprint density at radius 1 is 1.00 bits per heavy atom. The van der Waals surface area contributed by atoms with E-state index >= 15 is 0 Å². The fourth-order valence-corrected chi connectivity index (χ4v) is 3.31. The Balaban J connectivity index is 1.72. The molecule has 0 aliphatic rings. The van der Waals surface area contributed by atoms with Gasteiger partial charge < -0.3 is 4.57 Å². The molecule has 0 fully saturated rings. The maximum Gasteiger partial charge on any atom is 0.0703 e. The number of benzene rings is 2. The second-order valence-electron chi connectivity index (χ2n) is 6.28. The number of fused-ring (bicyclic) bond motifs is 1. The molecule has 0 bridgehead atoms. The summed E-state index contributed by atoms with van der Waals surface area (Å²) in [7, 11) is 0. The molecule has 0 saturated carbocycles. The van der Waals surface area contributed by atoms with Crippen molar-refractivity contribution in [3.63, 3.8) is 0 Å². The molecule has 4 aromatic rings. The minimum atomic E-state index is 0.716. The first-order chi connectivity index (χ1) is 12.6. The number of halogens is 1. The SMILES string of the molecule is Cc1cc(C=Nc2ccc(Cl)cc2)c(C)n1-c1ccc2ncccc2c1. The van der Waals surface area contributed by atoms with E-state index in [1.54, 1.807) is 0 Å². The highest BCUT2D eigenvalue weighted by Crippen LogP contribution is 2.23. The first kappa shape index (κ1) is 16.6. The Bertz CT molecular complexity index is 1110. The van der Waals surface area contributed by atoms with Crippen molar-refractivity contribution in [2.75, 3.05) is 0 Å². The molecule has 2 aromatic heterocycles. The summed E-state index contributed by atoms with van der Waals surface area (Å²) in [6.45, 7) is 4.23. The number of hydrogen-bond acceptors (Lipinski definition) is 2. The van der Waals surface area contributed by atoms with Crippen molar-refractivity contribution in [1.29, 1.82) is 0 Å². The van der Waals surface area contributed by atoms with Crippen LogP contribution >= 0.6 is 11.6 Å². The van der Waals surface area contributed by atoms with Crippen LogP contribution in [0, 0.1) is 13.8 Å². The first-order valence-electron chi connectivity index (χ1n) is 8.45. The summed E-state index contributed by atoms with van der Waals surface area (Å²) >= 11 is 5.93. The number of aryl methyl sites for hydroxylation is 1. The van der Waals surface area contributed by atoms with Crippen LogP contribution in [0.3, 0.4) is 0 Å². The zero-order valence-electron chi connectivity index (χ0n) is 14.6.